The van der Waals surface area contributed by atoms with Crippen LogP contribution in [-0.2, 0) is 4.79 Å². The molecule has 2 aromatic rings. The van der Waals surface area contributed by atoms with Crippen LogP contribution in [0.15, 0.2) is 33.8 Å². The van der Waals surface area contributed by atoms with Crippen molar-refractivity contribution in [3.63, 3.8) is 0 Å². The molecule has 0 fully saturated rings. The average Bonchev–Trinajstić information content (AvgIpc) is 2.27. The number of aromatic nitrogens is 1. The zero-order valence-electron chi connectivity index (χ0n) is 9.11. The number of aliphatic carboxylic acids is 1. The Morgan fingerprint density at radius 3 is 2.94 bits per heavy atom. The van der Waals surface area contributed by atoms with Crippen molar-refractivity contribution < 1.29 is 9.90 Å². The molecule has 1 N–H and O–H groups in total. The lowest BCUT2D eigenvalue weighted by Gasteiger charge is -2.05. The molecule has 1 heterocycles. The van der Waals surface area contributed by atoms with Crippen LogP contribution in [0.2, 0.25) is 0 Å². The number of halogens is 1. The minimum atomic E-state index is -0.828. The van der Waals surface area contributed by atoms with Crippen molar-refractivity contribution in [2.45, 2.75) is 11.9 Å². The molecule has 1 aromatic carbocycles. The van der Waals surface area contributed by atoms with Crippen molar-refractivity contribution in [2.24, 2.45) is 0 Å². The predicted octanol–water partition coefficient (Wildman–Crippen LogP) is 3.48. The number of rotatable bonds is 3. The highest BCUT2D eigenvalue weighted by Crippen LogP contribution is 2.25. The Bertz CT molecular complexity index is 586. The molecule has 1 aromatic heterocycles. The van der Waals surface area contributed by atoms with E-state index >= 15 is 0 Å². The minimum Gasteiger partial charge on any atom is -0.481 e. The summed E-state index contributed by atoms with van der Waals surface area (Å²) in [6, 6.07) is 7.79. The van der Waals surface area contributed by atoms with Gasteiger partial charge in [0.05, 0.1) is 16.3 Å². The first-order chi connectivity index (χ1) is 8.06. The Hall–Kier alpha value is -1.07. The second-order valence-corrected chi connectivity index (χ2v) is 5.53. The minimum absolute atomic E-state index is 0.0362. The number of hydrogen-bond donors (Lipinski definition) is 1. The zero-order chi connectivity index (χ0) is 12.4. The summed E-state index contributed by atoms with van der Waals surface area (Å²) in [5.41, 5.74) is 1.99. The van der Waals surface area contributed by atoms with Gasteiger partial charge in [-0.3, -0.25) is 4.79 Å². The van der Waals surface area contributed by atoms with E-state index in [4.69, 9.17) is 5.11 Å². The van der Waals surface area contributed by atoms with Crippen molar-refractivity contribution in [1.29, 1.82) is 0 Å². The fraction of sp³-hybridized carbons (Fsp3) is 0.167. The van der Waals surface area contributed by atoms with Crippen LogP contribution in [0.25, 0.3) is 10.9 Å². The highest BCUT2D eigenvalue weighted by atomic mass is 79.9. The largest absolute Gasteiger partial charge is 0.481 e. The Morgan fingerprint density at radius 1 is 1.47 bits per heavy atom. The van der Waals surface area contributed by atoms with Gasteiger partial charge in [0.1, 0.15) is 0 Å². The van der Waals surface area contributed by atoms with E-state index in [0.29, 0.717) is 0 Å². The van der Waals surface area contributed by atoms with Gasteiger partial charge >= 0.3 is 5.97 Å². The number of carboxylic acids is 1. The Morgan fingerprint density at radius 2 is 2.24 bits per heavy atom. The van der Waals surface area contributed by atoms with E-state index in [0.717, 1.165) is 26.0 Å². The van der Waals surface area contributed by atoms with E-state index in [1.54, 1.807) is 0 Å². The summed E-state index contributed by atoms with van der Waals surface area (Å²) in [7, 11) is 0. The molecule has 0 unspecified atom stereocenters. The van der Waals surface area contributed by atoms with Gasteiger partial charge in [-0.2, -0.15) is 0 Å². The molecule has 17 heavy (non-hydrogen) atoms. The summed E-state index contributed by atoms with van der Waals surface area (Å²) in [6.45, 7) is 2.00. The smallest absolute Gasteiger partial charge is 0.313 e. The summed E-state index contributed by atoms with van der Waals surface area (Å²) >= 11 is 4.66. The molecule has 0 bridgehead atoms. The monoisotopic (exact) mass is 311 g/mol. The molecule has 3 nitrogen and oxygen atoms in total. The topological polar surface area (TPSA) is 50.2 Å². The van der Waals surface area contributed by atoms with Crippen molar-refractivity contribution in [3.8, 4) is 0 Å². The van der Waals surface area contributed by atoms with E-state index in [2.05, 4.69) is 20.9 Å². The van der Waals surface area contributed by atoms with Crippen LogP contribution in [0.5, 0.6) is 0 Å². The molecule has 0 saturated carbocycles. The summed E-state index contributed by atoms with van der Waals surface area (Å²) in [4.78, 5) is 14.9. The molecule has 0 spiro atoms. The zero-order valence-corrected chi connectivity index (χ0v) is 11.5. The lowest BCUT2D eigenvalue weighted by molar-refractivity contribution is -0.133. The third-order valence-corrected chi connectivity index (χ3v) is 3.69. The third kappa shape index (κ3) is 2.98. The molecule has 0 saturated heterocycles. The molecule has 0 aliphatic carbocycles. The third-order valence-electron chi connectivity index (χ3n) is 2.30. The number of nitrogens with zero attached hydrogens (tertiary/aromatic N) is 1. The molecule has 0 radical (unpaired) electrons. The summed E-state index contributed by atoms with van der Waals surface area (Å²) in [6.07, 6.45) is 0. The lowest BCUT2D eigenvalue weighted by atomic mass is 10.1. The maximum Gasteiger partial charge on any atom is 0.313 e. The van der Waals surface area contributed by atoms with Crippen molar-refractivity contribution in [3.05, 3.63) is 34.3 Å². The Kier molecular flexibility index (Phi) is 3.69. The highest BCUT2D eigenvalue weighted by Gasteiger charge is 2.05. The van der Waals surface area contributed by atoms with Crippen LogP contribution in [0, 0.1) is 6.92 Å². The quantitative estimate of drug-likeness (QED) is 0.882. The fourth-order valence-electron chi connectivity index (χ4n) is 1.55. The van der Waals surface area contributed by atoms with Gasteiger partial charge in [0.2, 0.25) is 0 Å². The van der Waals surface area contributed by atoms with Crippen LogP contribution >= 0.6 is 27.7 Å². The van der Waals surface area contributed by atoms with Crippen LogP contribution < -0.4 is 0 Å². The van der Waals surface area contributed by atoms with E-state index in [9.17, 15) is 4.79 Å². The molecular formula is C12H10BrNO2S. The lowest BCUT2D eigenvalue weighted by Crippen LogP contribution is -1.98. The van der Waals surface area contributed by atoms with Gasteiger partial charge in [0.15, 0.2) is 0 Å². The number of thioether (sulfide) groups is 1. The number of pyridine rings is 1. The molecule has 2 rings (SSSR count). The first-order valence-electron chi connectivity index (χ1n) is 4.98. The maximum absolute atomic E-state index is 10.5. The molecular weight excluding hydrogens is 302 g/mol. The van der Waals surface area contributed by atoms with Gasteiger partial charge in [-0.1, -0.05) is 27.7 Å². The number of aryl methyl sites for hydroxylation is 1. The van der Waals surface area contributed by atoms with Gasteiger partial charge in [-0.05, 0) is 36.8 Å². The van der Waals surface area contributed by atoms with Gasteiger partial charge in [0.25, 0.3) is 0 Å². The van der Waals surface area contributed by atoms with Crippen LogP contribution in [0.4, 0.5) is 0 Å². The highest BCUT2D eigenvalue weighted by molar-refractivity contribution is 9.10. The van der Waals surface area contributed by atoms with Gasteiger partial charge in [0, 0.05) is 9.86 Å². The first kappa shape index (κ1) is 12.4. The summed E-state index contributed by atoms with van der Waals surface area (Å²) in [5, 5.41) is 10.5. The standard InChI is InChI=1S/C12H10BrNO2S/c1-7-4-11(17-6-12(15)16)14-10-3-2-8(13)5-9(7)10/h2-5H,6H2,1H3,(H,15,16). The Labute approximate surface area is 111 Å². The summed E-state index contributed by atoms with van der Waals surface area (Å²) < 4.78 is 1.01. The van der Waals surface area contributed by atoms with Gasteiger partial charge in [-0.15, -0.1) is 0 Å². The molecule has 0 aliphatic heterocycles. The number of benzene rings is 1. The van der Waals surface area contributed by atoms with E-state index in [1.807, 2.05) is 31.2 Å². The van der Waals surface area contributed by atoms with Crippen molar-refractivity contribution >= 4 is 44.6 Å². The maximum atomic E-state index is 10.5. The average molecular weight is 312 g/mol. The number of hydrogen-bond acceptors (Lipinski definition) is 3. The molecule has 88 valence electrons. The first-order valence-corrected chi connectivity index (χ1v) is 6.75. The SMILES string of the molecule is Cc1cc(SCC(=O)O)nc2ccc(Br)cc12. The summed E-state index contributed by atoms with van der Waals surface area (Å²) in [5.74, 6) is -0.792. The van der Waals surface area contributed by atoms with Crippen LogP contribution in [-0.4, -0.2) is 21.8 Å². The molecule has 0 atom stereocenters. The van der Waals surface area contributed by atoms with Gasteiger partial charge < -0.3 is 5.11 Å². The van der Waals surface area contributed by atoms with Crippen LogP contribution in [0.1, 0.15) is 5.56 Å². The van der Waals surface area contributed by atoms with E-state index in [-0.39, 0.29) is 5.75 Å². The van der Waals surface area contributed by atoms with Crippen LogP contribution in [0.3, 0.4) is 0 Å². The normalized spacial score (nSPS) is 10.7. The van der Waals surface area contributed by atoms with Gasteiger partial charge in [-0.25, -0.2) is 4.98 Å². The molecule has 5 heteroatoms. The fourth-order valence-corrected chi connectivity index (χ4v) is 2.60. The second kappa shape index (κ2) is 5.06. The Balaban J connectivity index is 2.41. The van der Waals surface area contributed by atoms with Crippen molar-refractivity contribution in [1.82, 2.24) is 4.98 Å². The van der Waals surface area contributed by atoms with E-state index < -0.39 is 5.97 Å². The second-order valence-electron chi connectivity index (χ2n) is 3.62. The predicted molar refractivity (Wildman–Crippen MR) is 72.5 cm³/mol. The molecule has 0 aliphatic rings. The van der Waals surface area contributed by atoms with E-state index in [1.165, 1.54) is 11.8 Å². The number of fused-ring (bicyclic) bond motifs is 1. The molecule has 0 amide bonds. The van der Waals surface area contributed by atoms with Crippen molar-refractivity contribution in [2.75, 3.05) is 5.75 Å². The number of carbonyl (C=O) groups is 1. The number of carboxylic acid groups (broad SMARTS) is 1.